The second kappa shape index (κ2) is 6.45. The van der Waals surface area contributed by atoms with Crippen molar-refractivity contribution in [3.63, 3.8) is 0 Å². The van der Waals surface area contributed by atoms with Crippen LogP contribution in [-0.4, -0.2) is 37.0 Å². The Morgan fingerprint density at radius 3 is 2.43 bits per heavy atom. The highest BCUT2D eigenvalue weighted by Crippen LogP contribution is 2.64. The second-order valence-corrected chi connectivity index (χ2v) is 6.89. The minimum absolute atomic E-state index is 0.299. The molecule has 2 rings (SSSR count). The SMILES string of the molecule is COc1ccc(OC)c(NC(=O)COC(=O)C2(C)CC2(Cl)Cl)c1. The van der Waals surface area contributed by atoms with Crippen molar-refractivity contribution < 1.29 is 23.8 Å². The number of methoxy groups -OCH3 is 2. The zero-order valence-corrected chi connectivity index (χ0v) is 14.5. The molecular formula is C15H17Cl2NO5. The van der Waals surface area contributed by atoms with Crippen molar-refractivity contribution in [2.45, 2.75) is 17.7 Å². The fraction of sp³-hybridized carbons (Fsp3) is 0.467. The predicted octanol–water partition coefficient (Wildman–Crippen LogP) is 2.77. The standard InChI is InChI=1S/C15H17Cl2NO5/c1-14(8-15(14,16)17)13(20)23-7-12(19)18-10-6-9(21-2)4-5-11(10)22-3/h4-6H,7-8H2,1-3H3,(H,18,19). The molecule has 126 valence electrons. The fourth-order valence-corrected chi connectivity index (χ4v) is 2.70. The van der Waals surface area contributed by atoms with Crippen molar-refractivity contribution >= 4 is 40.8 Å². The molecule has 1 saturated carbocycles. The number of hydrogen-bond donors (Lipinski definition) is 1. The number of anilines is 1. The van der Waals surface area contributed by atoms with Gasteiger partial charge in [-0.2, -0.15) is 0 Å². The van der Waals surface area contributed by atoms with Gasteiger partial charge in [0.2, 0.25) is 0 Å². The first kappa shape index (κ1) is 17.7. The molecule has 0 saturated heterocycles. The average Bonchev–Trinajstić information content (AvgIpc) is 3.04. The lowest BCUT2D eigenvalue weighted by atomic mass is 10.1. The summed E-state index contributed by atoms with van der Waals surface area (Å²) in [5.74, 6) is -0.100. The molecule has 1 aromatic rings. The van der Waals surface area contributed by atoms with E-state index in [-0.39, 0.29) is 0 Å². The van der Waals surface area contributed by atoms with Crippen LogP contribution < -0.4 is 14.8 Å². The first-order chi connectivity index (χ1) is 10.7. The molecule has 1 fully saturated rings. The quantitative estimate of drug-likeness (QED) is 0.622. The monoisotopic (exact) mass is 361 g/mol. The van der Waals surface area contributed by atoms with Crippen LogP contribution in [0.3, 0.4) is 0 Å². The van der Waals surface area contributed by atoms with E-state index < -0.39 is 28.2 Å². The summed E-state index contributed by atoms with van der Waals surface area (Å²) in [7, 11) is 2.99. The van der Waals surface area contributed by atoms with Crippen molar-refractivity contribution in [2.75, 3.05) is 26.1 Å². The molecule has 1 amide bonds. The number of benzene rings is 1. The molecule has 1 aliphatic rings. The van der Waals surface area contributed by atoms with E-state index in [0.29, 0.717) is 23.6 Å². The van der Waals surface area contributed by atoms with Gasteiger partial charge in [-0.1, -0.05) is 0 Å². The number of hydrogen-bond acceptors (Lipinski definition) is 5. The normalized spacial score (nSPS) is 21.3. The van der Waals surface area contributed by atoms with Gasteiger partial charge in [-0.15, -0.1) is 23.2 Å². The number of nitrogens with one attached hydrogen (secondary N) is 1. The summed E-state index contributed by atoms with van der Waals surface area (Å²) in [6.45, 7) is 1.15. The Bertz CT molecular complexity index is 634. The van der Waals surface area contributed by atoms with Crippen molar-refractivity contribution in [3.8, 4) is 11.5 Å². The number of alkyl halides is 2. The van der Waals surface area contributed by atoms with E-state index in [1.54, 1.807) is 25.1 Å². The first-order valence-corrected chi connectivity index (χ1v) is 7.56. The van der Waals surface area contributed by atoms with E-state index in [9.17, 15) is 9.59 Å². The van der Waals surface area contributed by atoms with Crippen LogP contribution in [0.1, 0.15) is 13.3 Å². The Morgan fingerprint density at radius 1 is 1.26 bits per heavy atom. The lowest BCUT2D eigenvalue weighted by Crippen LogP contribution is -2.26. The van der Waals surface area contributed by atoms with Gasteiger partial charge >= 0.3 is 5.97 Å². The van der Waals surface area contributed by atoms with E-state index >= 15 is 0 Å². The summed E-state index contributed by atoms with van der Waals surface area (Å²) in [5.41, 5.74) is -0.557. The Labute approximate surface area is 144 Å². The van der Waals surface area contributed by atoms with Crippen molar-refractivity contribution in [2.24, 2.45) is 5.41 Å². The molecular weight excluding hydrogens is 345 g/mol. The zero-order valence-electron chi connectivity index (χ0n) is 12.9. The molecule has 8 heteroatoms. The minimum Gasteiger partial charge on any atom is -0.497 e. The summed E-state index contributed by atoms with van der Waals surface area (Å²) >= 11 is 11.8. The Hall–Kier alpha value is -1.66. The summed E-state index contributed by atoms with van der Waals surface area (Å²) in [6.07, 6.45) is 0.299. The largest absolute Gasteiger partial charge is 0.497 e. The molecule has 23 heavy (non-hydrogen) atoms. The highest BCUT2D eigenvalue weighted by atomic mass is 35.5. The third kappa shape index (κ3) is 3.64. The number of esters is 1. The summed E-state index contributed by atoms with van der Waals surface area (Å²) < 4.78 is 14.1. The average molecular weight is 362 g/mol. The fourth-order valence-electron chi connectivity index (χ4n) is 2.01. The Kier molecular flexibility index (Phi) is 4.96. The molecule has 1 aromatic carbocycles. The van der Waals surface area contributed by atoms with Crippen LogP contribution in [0.4, 0.5) is 5.69 Å². The third-order valence-corrected chi connectivity index (χ3v) is 4.82. The van der Waals surface area contributed by atoms with Gasteiger partial charge in [0.25, 0.3) is 5.91 Å². The van der Waals surface area contributed by atoms with Crippen LogP contribution in [0.15, 0.2) is 18.2 Å². The lowest BCUT2D eigenvalue weighted by Gasteiger charge is -2.13. The Morgan fingerprint density at radius 2 is 1.91 bits per heavy atom. The van der Waals surface area contributed by atoms with Gasteiger partial charge in [-0.05, 0) is 19.1 Å². The Balaban J connectivity index is 1.94. The molecule has 1 N–H and O–H groups in total. The number of halogens is 2. The topological polar surface area (TPSA) is 73.9 Å². The number of carbonyl (C=O) groups is 2. The van der Waals surface area contributed by atoms with Gasteiger partial charge < -0.3 is 19.5 Å². The molecule has 0 heterocycles. The minimum atomic E-state index is -1.13. The van der Waals surface area contributed by atoms with E-state index in [1.165, 1.54) is 14.2 Å². The van der Waals surface area contributed by atoms with Gasteiger partial charge in [-0.25, -0.2) is 0 Å². The zero-order chi connectivity index (χ0) is 17.3. The number of carbonyl (C=O) groups excluding carboxylic acids is 2. The number of rotatable bonds is 6. The molecule has 0 bridgehead atoms. The van der Waals surface area contributed by atoms with Gasteiger partial charge in [0.1, 0.15) is 21.2 Å². The molecule has 6 nitrogen and oxygen atoms in total. The highest BCUT2D eigenvalue weighted by molar-refractivity contribution is 6.53. The molecule has 0 aliphatic heterocycles. The summed E-state index contributed by atoms with van der Waals surface area (Å²) in [4.78, 5) is 23.9. The van der Waals surface area contributed by atoms with E-state index in [0.717, 1.165) is 0 Å². The number of ether oxygens (including phenoxy) is 3. The second-order valence-electron chi connectivity index (χ2n) is 5.40. The van der Waals surface area contributed by atoms with E-state index in [4.69, 9.17) is 37.4 Å². The van der Waals surface area contributed by atoms with Gasteiger partial charge in [0.15, 0.2) is 6.61 Å². The molecule has 1 unspecified atom stereocenters. The van der Waals surface area contributed by atoms with Crippen molar-refractivity contribution in [3.05, 3.63) is 18.2 Å². The maximum absolute atomic E-state index is 11.9. The van der Waals surface area contributed by atoms with Crippen molar-refractivity contribution in [1.82, 2.24) is 0 Å². The van der Waals surface area contributed by atoms with E-state index in [1.807, 2.05) is 0 Å². The molecule has 1 atom stereocenters. The molecule has 0 radical (unpaired) electrons. The smallest absolute Gasteiger partial charge is 0.315 e. The maximum Gasteiger partial charge on any atom is 0.315 e. The van der Waals surface area contributed by atoms with Gasteiger partial charge in [0.05, 0.1) is 19.9 Å². The third-order valence-electron chi connectivity index (χ3n) is 3.72. The number of amides is 1. The summed E-state index contributed by atoms with van der Waals surface area (Å²) in [5, 5.41) is 2.60. The predicted molar refractivity (Wildman–Crippen MR) is 86.3 cm³/mol. The highest BCUT2D eigenvalue weighted by Gasteiger charge is 2.69. The van der Waals surface area contributed by atoms with E-state index in [2.05, 4.69) is 5.32 Å². The van der Waals surface area contributed by atoms with Crippen molar-refractivity contribution in [1.29, 1.82) is 0 Å². The lowest BCUT2D eigenvalue weighted by molar-refractivity contribution is -0.152. The van der Waals surface area contributed by atoms with Crippen LogP contribution in [0.2, 0.25) is 0 Å². The van der Waals surface area contributed by atoms with Crippen LogP contribution in [0.5, 0.6) is 11.5 Å². The van der Waals surface area contributed by atoms with Gasteiger partial charge in [0, 0.05) is 12.5 Å². The molecule has 0 aromatic heterocycles. The van der Waals surface area contributed by atoms with Gasteiger partial charge in [-0.3, -0.25) is 9.59 Å². The summed E-state index contributed by atoms with van der Waals surface area (Å²) in [6, 6.07) is 4.95. The first-order valence-electron chi connectivity index (χ1n) is 6.80. The van der Waals surface area contributed by atoms with Crippen LogP contribution in [0, 0.1) is 5.41 Å². The van der Waals surface area contributed by atoms with Crippen LogP contribution in [-0.2, 0) is 14.3 Å². The molecule has 1 aliphatic carbocycles. The van der Waals surface area contributed by atoms with Crippen LogP contribution >= 0.6 is 23.2 Å². The van der Waals surface area contributed by atoms with Crippen LogP contribution in [0.25, 0.3) is 0 Å². The maximum atomic E-state index is 11.9. The molecule has 0 spiro atoms.